The van der Waals surface area contributed by atoms with Crippen molar-refractivity contribution in [2.24, 2.45) is 11.1 Å². The molecule has 0 spiro atoms. The number of amides is 1. The lowest BCUT2D eigenvalue weighted by atomic mass is 9.90. The van der Waals surface area contributed by atoms with Crippen molar-refractivity contribution < 1.29 is 18.3 Å². The first-order chi connectivity index (χ1) is 9.43. The standard InChI is InChI=1S/C14H18F2N2O2/c1-14(8-17)5-6-18(9-14)12(19)10-3-2-4-11(7-10)20-13(15)16/h2-4,7,13H,5-6,8-9,17H2,1H3. The molecule has 4 nitrogen and oxygen atoms in total. The summed E-state index contributed by atoms with van der Waals surface area (Å²) in [4.78, 5) is 14.0. The van der Waals surface area contributed by atoms with Gasteiger partial charge in [0.25, 0.3) is 5.91 Å². The molecule has 1 fully saturated rings. The summed E-state index contributed by atoms with van der Waals surface area (Å²) in [6.45, 7) is 0.879. The number of nitrogens with two attached hydrogens (primary N) is 1. The van der Waals surface area contributed by atoms with Gasteiger partial charge in [-0.05, 0) is 36.6 Å². The molecule has 0 bridgehead atoms. The van der Waals surface area contributed by atoms with E-state index in [0.29, 0.717) is 25.2 Å². The summed E-state index contributed by atoms with van der Waals surface area (Å²) in [5.74, 6) is -0.187. The van der Waals surface area contributed by atoms with Crippen molar-refractivity contribution in [1.82, 2.24) is 4.90 Å². The summed E-state index contributed by atoms with van der Waals surface area (Å²) in [7, 11) is 0. The van der Waals surface area contributed by atoms with Crippen LogP contribution in [0.15, 0.2) is 24.3 Å². The van der Waals surface area contributed by atoms with Gasteiger partial charge in [0.05, 0.1) is 0 Å². The molecule has 0 aliphatic carbocycles. The van der Waals surface area contributed by atoms with Gasteiger partial charge in [0.1, 0.15) is 5.75 Å². The van der Waals surface area contributed by atoms with E-state index >= 15 is 0 Å². The molecule has 1 unspecified atom stereocenters. The van der Waals surface area contributed by atoms with E-state index in [1.807, 2.05) is 6.92 Å². The maximum atomic E-state index is 12.3. The molecule has 1 aromatic carbocycles. The van der Waals surface area contributed by atoms with E-state index in [4.69, 9.17) is 5.73 Å². The molecule has 1 saturated heterocycles. The second-order valence-corrected chi connectivity index (χ2v) is 5.40. The summed E-state index contributed by atoms with van der Waals surface area (Å²) in [6, 6.07) is 5.87. The summed E-state index contributed by atoms with van der Waals surface area (Å²) in [5.41, 5.74) is 6.00. The summed E-state index contributed by atoms with van der Waals surface area (Å²) in [6.07, 6.45) is 0.850. The van der Waals surface area contributed by atoms with E-state index in [-0.39, 0.29) is 17.1 Å². The van der Waals surface area contributed by atoms with Gasteiger partial charge in [-0.15, -0.1) is 0 Å². The lowest BCUT2D eigenvalue weighted by molar-refractivity contribution is -0.0499. The highest BCUT2D eigenvalue weighted by molar-refractivity contribution is 5.94. The highest BCUT2D eigenvalue weighted by Gasteiger charge is 2.35. The molecule has 2 rings (SSSR count). The molecular formula is C14H18F2N2O2. The Hall–Kier alpha value is -1.69. The zero-order chi connectivity index (χ0) is 14.8. The minimum atomic E-state index is -2.90. The second kappa shape index (κ2) is 5.75. The van der Waals surface area contributed by atoms with Gasteiger partial charge in [-0.1, -0.05) is 13.0 Å². The smallest absolute Gasteiger partial charge is 0.387 e. The van der Waals surface area contributed by atoms with Crippen molar-refractivity contribution in [1.29, 1.82) is 0 Å². The third-order valence-electron chi connectivity index (χ3n) is 3.64. The Bertz CT molecular complexity index is 496. The average molecular weight is 284 g/mol. The Morgan fingerprint density at radius 3 is 2.90 bits per heavy atom. The number of hydrogen-bond acceptors (Lipinski definition) is 3. The quantitative estimate of drug-likeness (QED) is 0.921. The molecule has 1 aliphatic heterocycles. The van der Waals surface area contributed by atoms with Crippen LogP contribution in [0.25, 0.3) is 0 Å². The van der Waals surface area contributed by atoms with E-state index in [1.54, 1.807) is 11.0 Å². The number of alkyl halides is 2. The van der Waals surface area contributed by atoms with Gasteiger partial charge in [0.2, 0.25) is 0 Å². The molecule has 6 heteroatoms. The fraction of sp³-hybridized carbons (Fsp3) is 0.500. The van der Waals surface area contributed by atoms with Crippen LogP contribution in [-0.4, -0.2) is 37.1 Å². The predicted molar refractivity (Wildman–Crippen MR) is 70.8 cm³/mol. The van der Waals surface area contributed by atoms with Gasteiger partial charge >= 0.3 is 6.61 Å². The molecular weight excluding hydrogens is 266 g/mol. The van der Waals surface area contributed by atoms with Gasteiger partial charge < -0.3 is 15.4 Å². The maximum absolute atomic E-state index is 12.3. The molecule has 1 aromatic rings. The number of hydrogen-bond donors (Lipinski definition) is 1. The number of nitrogens with zero attached hydrogens (tertiary/aromatic N) is 1. The molecule has 20 heavy (non-hydrogen) atoms. The Morgan fingerprint density at radius 1 is 1.55 bits per heavy atom. The Labute approximate surface area is 116 Å². The zero-order valence-corrected chi connectivity index (χ0v) is 11.3. The molecule has 1 atom stereocenters. The largest absolute Gasteiger partial charge is 0.435 e. The van der Waals surface area contributed by atoms with Gasteiger partial charge in [0.15, 0.2) is 0 Å². The van der Waals surface area contributed by atoms with Crippen LogP contribution in [0.5, 0.6) is 5.75 Å². The van der Waals surface area contributed by atoms with E-state index < -0.39 is 6.61 Å². The minimum absolute atomic E-state index is 0.00775. The first-order valence-electron chi connectivity index (χ1n) is 6.48. The lowest BCUT2D eigenvalue weighted by Crippen LogP contribution is -2.34. The van der Waals surface area contributed by atoms with Crippen LogP contribution in [0.3, 0.4) is 0 Å². The van der Waals surface area contributed by atoms with Crippen molar-refractivity contribution in [2.75, 3.05) is 19.6 Å². The van der Waals surface area contributed by atoms with Gasteiger partial charge in [-0.2, -0.15) is 8.78 Å². The minimum Gasteiger partial charge on any atom is -0.435 e. The van der Waals surface area contributed by atoms with Crippen LogP contribution in [0, 0.1) is 5.41 Å². The van der Waals surface area contributed by atoms with Crippen LogP contribution >= 0.6 is 0 Å². The number of rotatable bonds is 4. The number of carbonyl (C=O) groups is 1. The summed E-state index contributed by atoms with van der Waals surface area (Å²) in [5, 5.41) is 0. The number of likely N-dealkylation sites (tertiary alicyclic amines) is 1. The number of carbonyl (C=O) groups excluding carboxylic acids is 1. The van der Waals surface area contributed by atoms with E-state index in [0.717, 1.165) is 6.42 Å². The molecule has 2 N–H and O–H groups in total. The monoisotopic (exact) mass is 284 g/mol. The number of benzene rings is 1. The second-order valence-electron chi connectivity index (χ2n) is 5.40. The fourth-order valence-electron chi connectivity index (χ4n) is 2.35. The van der Waals surface area contributed by atoms with E-state index in [2.05, 4.69) is 4.74 Å². The van der Waals surface area contributed by atoms with Crippen molar-refractivity contribution in [3.8, 4) is 5.75 Å². The number of halogens is 2. The van der Waals surface area contributed by atoms with Gasteiger partial charge in [-0.25, -0.2) is 0 Å². The average Bonchev–Trinajstić information content (AvgIpc) is 2.81. The van der Waals surface area contributed by atoms with E-state index in [1.165, 1.54) is 18.2 Å². The Morgan fingerprint density at radius 2 is 2.30 bits per heavy atom. The van der Waals surface area contributed by atoms with E-state index in [9.17, 15) is 13.6 Å². The third-order valence-corrected chi connectivity index (χ3v) is 3.64. The third kappa shape index (κ3) is 3.25. The van der Waals surface area contributed by atoms with Crippen LogP contribution in [0.2, 0.25) is 0 Å². The summed E-state index contributed by atoms with van der Waals surface area (Å²) >= 11 is 0. The molecule has 1 amide bonds. The number of ether oxygens (including phenoxy) is 1. The Balaban J connectivity index is 2.10. The normalized spacial score (nSPS) is 22.4. The molecule has 0 aromatic heterocycles. The van der Waals surface area contributed by atoms with Crippen molar-refractivity contribution >= 4 is 5.91 Å². The first kappa shape index (κ1) is 14.7. The van der Waals surface area contributed by atoms with Crippen molar-refractivity contribution in [3.63, 3.8) is 0 Å². The SMILES string of the molecule is CC1(CN)CCN(C(=O)c2cccc(OC(F)F)c2)C1. The van der Waals surface area contributed by atoms with Crippen molar-refractivity contribution in [2.45, 2.75) is 20.0 Å². The fourth-order valence-corrected chi connectivity index (χ4v) is 2.35. The Kier molecular flexibility index (Phi) is 4.23. The zero-order valence-electron chi connectivity index (χ0n) is 11.3. The van der Waals surface area contributed by atoms with Gasteiger partial charge in [0, 0.05) is 18.7 Å². The van der Waals surface area contributed by atoms with Crippen LogP contribution in [0.4, 0.5) is 8.78 Å². The van der Waals surface area contributed by atoms with Crippen LogP contribution in [-0.2, 0) is 0 Å². The van der Waals surface area contributed by atoms with Crippen LogP contribution in [0.1, 0.15) is 23.7 Å². The first-order valence-corrected chi connectivity index (χ1v) is 6.48. The summed E-state index contributed by atoms with van der Waals surface area (Å²) < 4.78 is 28.6. The topological polar surface area (TPSA) is 55.6 Å². The highest BCUT2D eigenvalue weighted by atomic mass is 19.3. The van der Waals surface area contributed by atoms with Crippen molar-refractivity contribution in [3.05, 3.63) is 29.8 Å². The highest BCUT2D eigenvalue weighted by Crippen LogP contribution is 2.30. The maximum Gasteiger partial charge on any atom is 0.387 e. The predicted octanol–water partition coefficient (Wildman–Crippen LogP) is 2.10. The molecule has 110 valence electrons. The molecule has 1 heterocycles. The van der Waals surface area contributed by atoms with Crippen LogP contribution < -0.4 is 10.5 Å². The molecule has 0 radical (unpaired) electrons. The van der Waals surface area contributed by atoms with Gasteiger partial charge in [-0.3, -0.25) is 4.79 Å². The molecule has 1 aliphatic rings. The molecule has 0 saturated carbocycles. The lowest BCUT2D eigenvalue weighted by Gasteiger charge is -2.22.